The van der Waals surface area contributed by atoms with Crippen LogP contribution < -0.4 is 5.32 Å². The van der Waals surface area contributed by atoms with Gasteiger partial charge in [0.05, 0.1) is 6.54 Å². The van der Waals surface area contributed by atoms with E-state index in [1.807, 2.05) is 20.8 Å². The van der Waals surface area contributed by atoms with Gasteiger partial charge in [0.1, 0.15) is 0 Å². The number of halogens is 3. The van der Waals surface area contributed by atoms with E-state index in [0.29, 0.717) is 6.54 Å². The van der Waals surface area contributed by atoms with Crippen LogP contribution in [0.15, 0.2) is 0 Å². The van der Waals surface area contributed by atoms with Gasteiger partial charge in [0.2, 0.25) is 0 Å². The average Bonchev–Trinajstić information content (AvgIpc) is 2.38. The summed E-state index contributed by atoms with van der Waals surface area (Å²) in [7, 11) is 0. The van der Waals surface area contributed by atoms with Crippen molar-refractivity contribution in [2.75, 3.05) is 19.6 Å². The fourth-order valence-electron chi connectivity index (χ4n) is 2.49. The molecule has 1 heterocycles. The molecule has 0 aromatic carbocycles. The fraction of sp³-hybridized carbons (Fsp3) is 1.00. The van der Waals surface area contributed by atoms with Crippen LogP contribution in [0.5, 0.6) is 0 Å². The molecule has 0 aromatic heterocycles. The average molecular weight is 252 g/mol. The summed E-state index contributed by atoms with van der Waals surface area (Å²) in [6.45, 7) is 6.46. The van der Waals surface area contributed by atoms with E-state index < -0.39 is 12.7 Å². The van der Waals surface area contributed by atoms with Crippen LogP contribution in [-0.2, 0) is 0 Å². The smallest absolute Gasteiger partial charge is 0.310 e. The lowest BCUT2D eigenvalue weighted by molar-refractivity contribution is -0.151. The first kappa shape index (κ1) is 14.8. The minimum atomic E-state index is -4.11. The number of nitrogens with one attached hydrogen (secondary N) is 1. The van der Waals surface area contributed by atoms with Crippen LogP contribution in [-0.4, -0.2) is 42.3 Å². The van der Waals surface area contributed by atoms with Gasteiger partial charge < -0.3 is 5.32 Å². The van der Waals surface area contributed by atoms with Crippen molar-refractivity contribution in [3.8, 4) is 0 Å². The van der Waals surface area contributed by atoms with Crippen molar-refractivity contribution in [3.05, 3.63) is 0 Å². The van der Waals surface area contributed by atoms with E-state index in [1.165, 1.54) is 0 Å². The summed E-state index contributed by atoms with van der Waals surface area (Å²) in [4.78, 5) is 1.58. The summed E-state index contributed by atoms with van der Waals surface area (Å²) in [5.74, 6) is 0. The molecule has 17 heavy (non-hydrogen) atoms. The van der Waals surface area contributed by atoms with Gasteiger partial charge in [0.25, 0.3) is 0 Å². The third-order valence-corrected chi connectivity index (χ3v) is 3.93. The summed E-state index contributed by atoms with van der Waals surface area (Å²) < 4.78 is 37.6. The van der Waals surface area contributed by atoms with E-state index in [1.54, 1.807) is 4.90 Å². The standard InChI is InChI=1S/C12H23F3N2/c1-4-11(5-2)8-17(9-12(13,14)15)10(3)6-7-16-11/h10,16H,4-9H2,1-3H3. The van der Waals surface area contributed by atoms with E-state index in [0.717, 1.165) is 25.8 Å². The number of nitrogens with zero attached hydrogens (tertiary/aromatic N) is 1. The van der Waals surface area contributed by atoms with Crippen LogP contribution in [0.3, 0.4) is 0 Å². The molecule has 1 rings (SSSR count). The Labute approximate surface area is 102 Å². The topological polar surface area (TPSA) is 15.3 Å². The van der Waals surface area contributed by atoms with Gasteiger partial charge in [-0.2, -0.15) is 13.2 Å². The Morgan fingerprint density at radius 1 is 1.29 bits per heavy atom. The molecule has 1 aliphatic heterocycles. The number of hydrogen-bond acceptors (Lipinski definition) is 2. The third-order valence-electron chi connectivity index (χ3n) is 3.93. The van der Waals surface area contributed by atoms with Crippen molar-refractivity contribution in [3.63, 3.8) is 0 Å². The zero-order chi connectivity index (χ0) is 13.1. The van der Waals surface area contributed by atoms with Crippen LogP contribution in [0, 0.1) is 0 Å². The molecule has 0 radical (unpaired) electrons. The Balaban J connectivity index is 2.78. The Bertz CT molecular complexity index is 236. The molecule has 1 aliphatic rings. The third kappa shape index (κ3) is 4.14. The molecule has 2 nitrogen and oxygen atoms in total. The maximum Gasteiger partial charge on any atom is 0.401 e. The highest BCUT2D eigenvalue weighted by Gasteiger charge is 2.38. The zero-order valence-electron chi connectivity index (χ0n) is 10.9. The predicted molar refractivity (Wildman–Crippen MR) is 63.0 cm³/mol. The molecule has 1 fully saturated rings. The van der Waals surface area contributed by atoms with E-state index in [2.05, 4.69) is 5.32 Å². The highest BCUT2D eigenvalue weighted by molar-refractivity contribution is 4.93. The van der Waals surface area contributed by atoms with Gasteiger partial charge >= 0.3 is 6.18 Å². The normalized spacial score (nSPS) is 26.8. The highest BCUT2D eigenvalue weighted by atomic mass is 19.4. The number of alkyl halides is 3. The largest absolute Gasteiger partial charge is 0.401 e. The molecule has 102 valence electrons. The van der Waals surface area contributed by atoms with Crippen molar-refractivity contribution >= 4 is 0 Å². The van der Waals surface area contributed by atoms with Gasteiger partial charge in [-0.1, -0.05) is 13.8 Å². The minimum Gasteiger partial charge on any atom is -0.310 e. The second-order valence-corrected chi connectivity index (χ2v) is 5.07. The summed E-state index contributed by atoms with van der Waals surface area (Å²) >= 11 is 0. The minimum absolute atomic E-state index is 0.0101. The molecule has 0 aromatic rings. The molecule has 0 bridgehead atoms. The van der Waals surface area contributed by atoms with E-state index in [4.69, 9.17) is 0 Å². The molecule has 5 heteroatoms. The molecule has 1 atom stereocenters. The van der Waals surface area contributed by atoms with Crippen LogP contribution in [0.4, 0.5) is 13.2 Å². The lowest BCUT2D eigenvalue weighted by Gasteiger charge is -2.37. The molecular weight excluding hydrogens is 229 g/mol. The summed E-state index contributed by atoms with van der Waals surface area (Å²) in [5, 5.41) is 3.43. The summed E-state index contributed by atoms with van der Waals surface area (Å²) in [6, 6.07) is -0.0101. The molecule has 1 saturated heterocycles. The van der Waals surface area contributed by atoms with Gasteiger partial charge in [-0.3, -0.25) is 4.90 Å². The number of rotatable bonds is 3. The first-order valence-corrected chi connectivity index (χ1v) is 6.38. The van der Waals surface area contributed by atoms with Crippen molar-refractivity contribution in [2.45, 2.75) is 57.8 Å². The summed E-state index contributed by atoms with van der Waals surface area (Å²) in [5.41, 5.74) is -0.157. The molecule has 0 aliphatic carbocycles. The molecular formula is C12H23F3N2. The van der Waals surface area contributed by atoms with Crippen LogP contribution in [0.1, 0.15) is 40.0 Å². The van der Waals surface area contributed by atoms with Gasteiger partial charge in [-0.25, -0.2) is 0 Å². The molecule has 0 amide bonds. The van der Waals surface area contributed by atoms with Gasteiger partial charge in [-0.05, 0) is 32.7 Å². The second kappa shape index (κ2) is 5.57. The van der Waals surface area contributed by atoms with Crippen LogP contribution in [0.2, 0.25) is 0 Å². The molecule has 0 saturated carbocycles. The maximum atomic E-state index is 12.5. The SMILES string of the molecule is CCC1(CC)CN(CC(F)(F)F)C(C)CCN1. The first-order chi connectivity index (χ1) is 7.82. The van der Waals surface area contributed by atoms with Crippen LogP contribution >= 0.6 is 0 Å². The predicted octanol–water partition coefficient (Wildman–Crippen LogP) is 2.79. The lowest BCUT2D eigenvalue weighted by Crippen LogP contribution is -2.53. The number of hydrogen-bond donors (Lipinski definition) is 1. The Hall–Kier alpha value is -0.290. The Morgan fingerprint density at radius 3 is 2.35 bits per heavy atom. The Morgan fingerprint density at radius 2 is 1.88 bits per heavy atom. The zero-order valence-corrected chi connectivity index (χ0v) is 10.9. The van der Waals surface area contributed by atoms with Crippen molar-refractivity contribution < 1.29 is 13.2 Å². The van der Waals surface area contributed by atoms with E-state index in [9.17, 15) is 13.2 Å². The van der Waals surface area contributed by atoms with Crippen LogP contribution in [0.25, 0.3) is 0 Å². The Kier molecular flexibility index (Phi) is 4.84. The summed E-state index contributed by atoms with van der Waals surface area (Å²) in [6.07, 6.45) is -1.60. The van der Waals surface area contributed by atoms with Crippen molar-refractivity contribution in [1.29, 1.82) is 0 Å². The van der Waals surface area contributed by atoms with E-state index >= 15 is 0 Å². The lowest BCUT2D eigenvalue weighted by atomic mass is 9.92. The van der Waals surface area contributed by atoms with Crippen molar-refractivity contribution in [1.82, 2.24) is 10.2 Å². The quantitative estimate of drug-likeness (QED) is 0.831. The van der Waals surface area contributed by atoms with E-state index in [-0.39, 0.29) is 11.6 Å². The maximum absolute atomic E-state index is 12.5. The molecule has 0 spiro atoms. The molecule has 1 unspecified atom stereocenters. The fourth-order valence-corrected chi connectivity index (χ4v) is 2.49. The first-order valence-electron chi connectivity index (χ1n) is 6.38. The highest BCUT2D eigenvalue weighted by Crippen LogP contribution is 2.26. The van der Waals surface area contributed by atoms with Gasteiger partial charge in [0, 0.05) is 18.1 Å². The second-order valence-electron chi connectivity index (χ2n) is 5.07. The van der Waals surface area contributed by atoms with Crippen molar-refractivity contribution in [2.24, 2.45) is 0 Å². The molecule has 1 N–H and O–H groups in total. The van der Waals surface area contributed by atoms with Gasteiger partial charge in [0.15, 0.2) is 0 Å². The van der Waals surface area contributed by atoms with Gasteiger partial charge in [-0.15, -0.1) is 0 Å². The monoisotopic (exact) mass is 252 g/mol.